The summed E-state index contributed by atoms with van der Waals surface area (Å²) in [6.07, 6.45) is 0.659. The van der Waals surface area contributed by atoms with Crippen LogP contribution in [0.3, 0.4) is 0 Å². The van der Waals surface area contributed by atoms with Crippen molar-refractivity contribution in [1.82, 2.24) is 4.72 Å². The summed E-state index contributed by atoms with van der Waals surface area (Å²) in [5.41, 5.74) is 2.51. The smallest absolute Gasteiger partial charge is 0.241 e. The quantitative estimate of drug-likeness (QED) is 0.873. The molecule has 1 atom stereocenters. The minimum absolute atomic E-state index is 0.0365. The van der Waals surface area contributed by atoms with E-state index in [2.05, 4.69) is 4.72 Å². The minimum atomic E-state index is -3.67. The van der Waals surface area contributed by atoms with Crippen LogP contribution in [0, 0.1) is 0 Å². The van der Waals surface area contributed by atoms with Gasteiger partial charge in [0.05, 0.1) is 12.0 Å². The molecule has 0 radical (unpaired) electrons. The summed E-state index contributed by atoms with van der Waals surface area (Å²) in [5, 5.41) is 0. The van der Waals surface area contributed by atoms with E-state index in [0.717, 1.165) is 22.6 Å². The molecule has 1 unspecified atom stereocenters. The van der Waals surface area contributed by atoms with Gasteiger partial charge in [0.1, 0.15) is 5.75 Å². The third-order valence-electron chi connectivity index (χ3n) is 4.58. The lowest BCUT2D eigenvalue weighted by Gasteiger charge is -2.17. The molecule has 1 amide bonds. The van der Waals surface area contributed by atoms with Gasteiger partial charge in [0.25, 0.3) is 0 Å². The maximum atomic E-state index is 12.7. The van der Waals surface area contributed by atoms with E-state index in [-0.39, 0.29) is 16.8 Å². The SMILES string of the molecule is COc1ccc(C(C)NS(=O)(=O)c2ccc3c(c2)CCN3C(C)=O)cc1. The Labute approximate surface area is 153 Å². The number of sulfonamides is 1. The van der Waals surface area contributed by atoms with E-state index < -0.39 is 10.0 Å². The first kappa shape index (κ1) is 18.4. The summed E-state index contributed by atoms with van der Waals surface area (Å²) in [4.78, 5) is 13.5. The van der Waals surface area contributed by atoms with Crippen LogP contribution in [0.1, 0.15) is 31.0 Å². The Morgan fingerprint density at radius 1 is 1.19 bits per heavy atom. The first-order valence-corrected chi connectivity index (χ1v) is 9.87. The second-order valence-corrected chi connectivity index (χ2v) is 8.04. The molecular weight excluding hydrogens is 352 g/mol. The largest absolute Gasteiger partial charge is 0.497 e. The topological polar surface area (TPSA) is 75.7 Å². The maximum Gasteiger partial charge on any atom is 0.241 e. The lowest BCUT2D eigenvalue weighted by Crippen LogP contribution is -2.27. The van der Waals surface area contributed by atoms with Crippen LogP contribution in [0.5, 0.6) is 5.75 Å². The molecule has 26 heavy (non-hydrogen) atoms. The summed E-state index contributed by atoms with van der Waals surface area (Å²) in [6.45, 7) is 3.89. The molecular formula is C19H22N2O4S. The van der Waals surface area contributed by atoms with E-state index in [1.165, 1.54) is 6.92 Å². The number of carbonyl (C=O) groups is 1. The molecule has 0 aromatic heterocycles. The average Bonchev–Trinajstić information content (AvgIpc) is 3.05. The number of benzene rings is 2. The standard InChI is InChI=1S/C19H22N2O4S/c1-13(15-4-6-17(25-3)7-5-15)20-26(23,24)18-8-9-19-16(12-18)10-11-21(19)14(2)22/h4-9,12-13,20H,10-11H2,1-3H3. The predicted molar refractivity (Wildman–Crippen MR) is 99.9 cm³/mol. The summed E-state index contributed by atoms with van der Waals surface area (Å²) < 4.78 is 33.3. The third kappa shape index (κ3) is 3.59. The third-order valence-corrected chi connectivity index (χ3v) is 6.12. The fourth-order valence-electron chi connectivity index (χ4n) is 3.13. The van der Waals surface area contributed by atoms with Gasteiger partial charge in [-0.25, -0.2) is 13.1 Å². The first-order valence-electron chi connectivity index (χ1n) is 8.39. The lowest BCUT2D eigenvalue weighted by molar-refractivity contribution is -0.116. The molecule has 7 heteroatoms. The molecule has 138 valence electrons. The summed E-state index contributed by atoms with van der Waals surface area (Å²) in [7, 11) is -2.08. The van der Waals surface area contributed by atoms with Crippen LogP contribution in [0.25, 0.3) is 0 Å². The molecule has 0 bridgehead atoms. The van der Waals surface area contributed by atoms with Gasteiger partial charge in [-0.15, -0.1) is 0 Å². The molecule has 0 saturated carbocycles. The van der Waals surface area contributed by atoms with Crippen molar-refractivity contribution in [2.24, 2.45) is 0 Å². The van der Waals surface area contributed by atoms with Crippen molar-refractivity contribution < 1.29 is 17.9 Å². The van der Waals surface area contributed by atoms with Gasteiger partial charge in [-0.05, 0) is 54.8 Å². The van der Waals surface area contributed by atoms with E-state index in [1.807, 2.05) is 12.1 Å². The molecule has 0 spiro atoms. The Hall–Kier alpha value is -2.38. The Morgan fingerprint density at radius 2 is 1.88 bits per heavy atom. The number of ether oxygens (including phenoxy) is 1. The molecule has 0 saturated heterocycles. The Kier molecular flexibility index (Phi) is 5.02. The number of rotatable bonds is 5. The molecule has 1 aliphatic heterocycles. The zero-order valence-electron chi connectivity index (χ0n) is 15.0. The zero-order valence-corrected chi connectivity index (χ0v) is 15.8. The van der Waals surface area contributed by atoms with Crippen LogP contribution in [-0.4, -0.2) is 28.0 Å². The molecule has 2 aromatic carbocycles. The molecule has 1 aliphatic rings. The number of fused-ring (bicyclic) bond motifs is 1. The second-order valence-electron chi connectivity index (χ2n) is 6.33. The number of nitrogens with one attached hydrogen (secondary N) is 1. The predicted octanol–water partition coefficient (Wildman–Crippen LogP) is 2.64. The van der Waals surface area contributed by atoms with Crippen LogP contribution < -0.4 is 14.4 Å². The first-order chi connectivity index (χ1) is 12.3. The zero-order chi connectivity index (χ0) is 18.9. The van der Waals surface area contributed by atoms with Crippen molar-refractivity contribution in [1.29, 1.82) is 0 Å². The molecule has 6 nitrogen and oxygen atoms in total. The van der Waals surface area contributed by atoms with Gasteiger partial charge in [-0.1, -0.05) is 12.1 Å². The van der Waals surface area contributed by atoms with Gasteiger partial charge >= 0.3 is 0 Å². The number of hydrogen-bond donors (Lipinski definition) is 1. The number of anilines is 1. The van der Waals surface area contributed by atoms with Gasteiger partial charge in [-0.3, -0.25) is 4.79 Å². The molecule has 1 heterocycles. The fraction of sp³-hybridized carbons (Fsp3) is 0.316. The Balaban J connectivity index is 1.81. The Bertz CT molecular complexity index is 923. The average molecular weight is 374 g/mol. The van der Waals surface area contributed by atoms with Crippen molar-refractivity contribution in [2.75, 3.05) is 18.6 Å². The number of methoxy groups -OCH3 is 1. The van der Waals surface area contributed by atoms with Crippen molar-refractivity contribution in [3.8, 4) is 5.75 Å². The van der Waals surface area contributed by atoms with Crippen LogP contribution >= 0.6 is 0 Å². The Morgan fingerprint density at radius 3 is 2.50 bits per heavy atom. The van der Waals surface area contributed by atoms with Crippen LogP contribution in [-0.2, 0) is 21.2 Å². The van der Waals surface area contributed by atoms with Crippen LogP contribution in [0.2, 0.25) is 0 Å². The molecule has 0 aliphatic carbocycles. The van der Waals surface area contributed by atoms with E-state index in [0.29, 0.717) is 13.0 Å². The van der Waals surface area contributed by atoms with Crippen LogP contribution in [0.4, 0.5) is 5.69 Å². The van der Waals surface area contributed by atoms with Crippen molar-refractivity contribution in [3.63, 3.8) is 0 Å². The summed E-state index contributed by atoms with van der Waals surface area (Å²) in [6, 6.07) is 11.8. The maximum absolute atomic E-state index is 12.7. The summed E-state index contributed by atoms with van der Waals surface area (Å²) in [5.74, 6) is 0.683. The van der Waals surface area contributed by atoms with Crippen molar-refractivity contribution in [2.45, 2.75) is 31.2 Å². The van der Waals surface area contributed by atoms with Gasteiger partial charge in [0.15, 0.2) is 0 Å². The number of hydrogen-bond acceptors (Lipinski definition) is 4. The van der Waals surface area contributed by atoms with E-state index in [1.54, 1.807) is 49.3 Å². The number of nitrogens with zero attached hydrogens (tertiary/aromatic N) is 1. The van der Waals surface area contributed by atoms with Crippen LogP contribution in [0.15, 0.2) is 47.4 Å². The van der Waals surface area contributed by atoms with Gasteiger partial charge in [0, 0.05) is 25.2 Å². The molecule has 2 aromatic rings. The normalized spacial score (nSPS) is 14.8. The molecule has 1 N–H and O–H groups in total. The fourth-order valence-corrected chi connectivity index (χ4v) is 4.42. The van der Waals surface area contributed by atoms with Gasteiger partial charge in [0.2, 0.25) is 15.9 Å². The highest BCUT2D eigenvalue weighted by molar-refractivity contribution is 7.89. The highest BCUT2D eigenvalue weighted by Crippen LogP contribution is 2.30. The lowest BCUT2D eigenvalue weighted by atomic mass is 10.1. The van der Waals surface area contributed by atoms with E-state index >= 15 is 0 Å². The number of carbonyl (C=O) groups excluding carboxylic acids is 1. The van der Waals surface area contributed by atoms with Gasteiger partial charge in [-0.2, -0.15) is 0 Å². The summed E-state index contributed by atoms with van der Waals surface area (Å²) >= 11 is 0. The molecule has 3 rings (SSSR count). The second kappa shape index (κ2) is 7.09. The monoisotopic (exact) mass is 374 g/mol. The van der Waals surface area contributed by atoms with Gasteiger partial charge < -0.3 is 9.64 Å². The van der Waals surface area contributed by atoms with Crippen molar-refractivity contribution >= 4 is 21.6 Å². The number of amides is 1. The highest BCUT2D eigenvalue weighted by Gasteiger charge is 2.25. The minimum Gasteiger partial charge on any atom is -0.497 e. The highest BCUT2D eigenvalue weighted by atomic mass is 32.2. The molecule has 0 fully saturated rings. The van der Waals surface area contributed by atoms with E-state index in [4.69, 9.17) is 4.74 Å². The van der Waals surface area contributed by atoms with E-state index in [9.17, 15) is 13.2 Å². The van der Waals surface area contributed by atoms with Crippen molar-refractivity contribution in [3.05, 3.63) is 53.6 Å².